The van der Waals surface area contributed by atoms with Crippen LogP contribution < -0.4 is 5.32 Å². The highest BCUT2D eigenvalue weighted by molar-refractivity contribution is 5.83. The van der Waals surface area contributed by atoms with Gasteiger partial charge in [0, 0.05) is 6.20 Å². The number of pyridine rings is 1. The third kappa shape index (κ3) is 2.56. The van der Waals surface area contributed by atoms with Gasteiger partial charge < -0.3 is 5.32 Å². The van der Waals surface area contributed by atoms with Gasteiger partial charge in [-0.05, 0) is 73.5 Å². The first kappa shape index (κ1) is 16.0. The van der Waals surface area contributed by atoms with E-state index in [2.05, 4.69) is 40.6 Å². The van der Waals surface area contributed by atoms with Crippen molar-refractivity contribution in [1.29, 1.82) is 0 Å². The van der Waals surface area contributed by atoms with E-state index in [0.29, 0.717) is 18.4 Å². The van der Waals surface area contributed by atoms with Gasteiger partial charge in [-0.15, -0.1) is 0 Å². The summed E-state index contributed by atoms with van der Waals surface area (Å²) >= 11 is 0. The summed E-state index contributed by atoms with van der Waals surface area (Å²) in [5.74, 6) is 1.67. The molecular weight excluding hydrogens is 320 g/mol. The number of carbonyl (C=O) groups is 1. The Balaban J connectivity index is 1.41. The number of nitrogens with one attached hydrogen (secondary N) is 1. The Bertz CT molecular complexity index is 787. The third-order valence-corrected chi connectivity index (χ3v) is 7.09. The van der Waals surface area contributed by atoms with Crippen LogP contribution in [0.3, 0.4) is 0 Å². The van der Waals surface area contributed by atoms with Gasteiger partial charge in [0.1, 0.15) is 0 Å². The lowest BCUT2D eigenvalue weighted by atomic mass is 9.42. The first-order valence-corrected chi connectivity index (χ1v) is 9.91. The Morgan fingerprint density at radius 3 is 2.42 bits per heavy atom. The number of amides is 1. The fourth-order valence-corrected chi connectivity index (χ4v) is 6.52. The Labute approximate surface area is 155 Å². The molecule has 2 unspecified atom stereocenters. The molecule has 1 aromatic carbocycles. The number of aromatic nitrogens is 1. The van der Waals surface area contributed by atoms with Crippen LogP contribution >= 0.6 is 0 Å². The maximum absolute atomic E-state index is 13.3. The van der Waals surface area contributed by atoms with E-state index in [1.165, 1.54) is 24.8 Å². The maximum atomic E-state index is 13.3. The molecule has 26 heavy (non-hydrogen) atoms. The summed E-state index contributed by atoms with van der Waals surface area (Å²) in [6.45, 7) is 0.537. The Hall–Kier alpha value is -2.16. The molecule has 134 valence electrons. The van der Waals surface area contributed by atoms with Crippen molar-refractivity contribution in [2.45, 2.75) is 50.5 Å². The molecule has 1 heterocycles. The number of benzene rings is 1. The normalized spacial score (nSPS) is 34.6. The summed E-state index contributed by atoms with van der Waals surface area (Å²) in [6, 6.07) is 16.8. The lowest BCUT2D eigenvalue weighted by Crippen LogP contribution is -2.59. The number of nitrogens with zero attached hydrogens (tertiary/aromatic N) is 1. The third-order valence-electron chi connectivity index (χ3n) is 7.09. The Morgan fingerprint density at radius 2 is 1.73 bits per heavy atom. The fourth-order valence-electron chi connectivity index (χ4n) is 6.52. The minimum absolute atomic E-state index is 0.172. The van der Waals surface area contributed by atoms with E-state index in [-0.39, 0.29) is 16.7 Å². The SMILES string of the molecule is O=C(NCc1ccccn1)C12C[C@H]3C[C@@H](C1)CC(c1ccccc1)(C3)C2. The van der Waals surface area contributed by atoms with Gasteiger partial charge in [0.2, 0.25) is 5.91 Å². The molecule has 4 saturated carbocycles. The van der Waals surface area contributed by atoms with Crippen LogP contribution in [0, 0.1) is 17.3 Å². The number of rotatable bonds is 4. The average Bonchev–Trinajstić information content (AvgIpc) is 2.66. The predicted octanol–water partition coefficient (Wildman–Crippen LogP) is 4.24. The summed E-state index contributed by atoms with van der Waals surface area (Å²) in [6.07, 6.45) is 8.81. The molecule has 4 aliphatic carbocycles. The van der Waals surface area contributed by atoms with E-state index in [1.807, 2.05) is 18.2 Å². The number of hydrogen-bond acceptors (Lipinski definition) is 2. The molecule has 1 amide bonds. The van der Waals surface area contributed by atoms with Gasteiger partial charge in [0.15, 0.2) is 0 Å². The minimum Gasteiger partial charge on any atom is -0.350 e. The van der Waals surface area contributed by atoms with Crippen LogP contribution in [-0.4, -0.2) is 10.9 Å². The van der Waals surface area contributed by atoms with Crippen LogP contribution in [0.4, 0.5) is 0 Å². The van der Waals surface area contributed by atoms with Crippen LogP contribution in [-0.2, 0) is 16.8 Å². The van der Waals surface area contributed by atoms with Crippen molar-refractivity contribution in [3.05, 3.63) is 66.0 Å². The molecule has 0 saturated heterocycles. The quantitative estimate of drug-likeness (QED) is 0.900. The monoisotopic (exact) mass is 346 g/mol. The molecular formula is C23H26N2O. The molecule has 3 nitrogen and oxygen atoms in total. The largest absolute Gasteiger partial charge is 0.350 e. The second kappa shape index (κ2) is 5.94. The standard InChI is InChI=1S/C23H26N2O/c26-21(25-15-20-8-4-5-9-24-20)23-13-17-10-18(14-23)12-22(11-17,16-23)19-6-2-1-3-7-19/h1-9,17-18H,10-16H2,(H,25,26)/t17-,18+,22?,23?. The number of carbonyl (C=O) groups excluding carboxylic acids is 1. The molecule has 6 rings (SSSR count). The van der Waals surface area contributed by atoms with Crippen LogP contribution in [0.5, 0.6) is 0 Å². The molecule has 0 aliphatic heterocycles. The van der Waals surface area contributed by atoms with Gasteiger partial charge in [0.25, 0.3) is 0 Å². The predicted molar refractivity (Wildman–Crippen MR) is 101 cm³/mol. The van der Waals surface area contributed by atoms with E-state index in [4.69, 9.17) is 0 Å². The van der Waals surface area contributed by atoms with Crippen LogP contribution in [0.1, 0.15) is 49.8 Å². The second-order valence-electron chi connectivity index (χ2n) is 8.89. The second-order valence-corrected chi connectivity index (χ2v) is 8.89. The van der Waals surface area contributed by atoms with E-state index >= 15 is 0 Å². The Kier molecular flexibility index (Phi) is 3.66. The lowest BCUT2D eigenvalue weighted by Gasteiger charge is -2.61. The fraction of sp³-hybridized carbons (Fsp3) is 0.478. The van der Waals surface area contributed by atoms with Crippen molar-refractivity contribution in [3.8, 4) is 0 Å². The summed E-state index contributed by atoms with van der Waals surface area (Å²) in [5, 5.41) is 3.22. The van der Waals surface area contributed by atoms with Gasteiger partial charge in [-0.1, -0.05) is 36.4 Å². The average molecular weight is 346 g/mol. The molecule has 4 atom stereocenters. The van der Waals surface area contributed by atoms with E-state index in [9.17, 15) is 4.79 Å². The molecule has 3 heteroatoms. The molecule has 0 radical (unpaired) electrons. The van der Waals surface area contributed by atoms with E-state index in [1.54, 1.807) is 6.20 Å². The Morgan fingerprint density at radius 1 is 1.00 bits per heavy atom. The molecule has 1 aromatic heterocycles. The zero-order valence-corrected chi connectivity index (χ0v) is 15.2. The summed E-state index contributed by atoms with van der Waals surface area (Å²) in [4.78, 5) is 17.6. The minimum atomic E-state index is -0.172. The molecule has 4 fully saturated rings. The topological polar surface area (TPSA) is 42.0 Å². The van der Waals surface area contributed by atoms with Gasteiger partial charge in [-0.3, -0.25) is 9.78 Å². The van der Waals surface area contributed by atoms with Crippen molar-refractivity contribution in [2.24, 2.45) is 17.3 Å². The zero-order valence-electron chi connectivity index (χ0n) is 15.2. The van der Waals surface area contributed by atoms with Crippen molar-refractivity contribution in [1.82, 2.24) is 10.3 Å². The first-order chi connectivity index (χ1) is 12.7. The smallest absolute Gasteiger partial charge is 0.226 e. The highest BCUT2D eigenvalue weighted by Crippen LogP contribution is 2.65. The molecule has 1 N–H and O–H groups in total. The van der Waals surface area contributed by atoms with Crippen LogP contribution in [0.15, 0.2) is 54.7 Å². The highest BCUT2D eigenvalue weighted by Gasteiger charge is 2.60. The highest BCUT2D eigenvalue weighted by atomic mass is 16.2. The van der Waals surface area contributed by atoms with Crippen molar-refractivity contribution in [2.75, 3.05) is 0 Å². The summed E-state index contributed by atoms with van der Waals surface area (Å²) < 4.78 is 0. The van der Waals surface area contributed by atoms with Gasteiger partial charge in [0.05, 0.1) is 17.7 Å². The molecule has 0 spiro atoms. The molecule has 4 aliphatic rings. The zero-order chi connectivity index (χ0) is 17.6. The van der Waals surface area contributed by atoms with E-state index < -0.39 is 0 Å². The molecule has 4 bridgehead atoms. The van der Waals surface area contributed by atoms with Gasteiger partial charge in [-0.25, -0.2) is 0 Å². The summed E-state index contributed by atoms with van der Waals surface area (Å²) in [5.41, 5.74) is 2.43. The van der Waals surface area contributed by atoms with E-state index in [0.717, 1.165) is 25.0 Å². The van der Waals surface area contributed by atoms with Gasteiger partial charge >= 0.3 is 0 Å². The lowest BCUT2D eigenvalue weighted by molar-refractivity contribution is -0.149. The van der Waals surface area contributed by atoms with Gasteiger partial charge in [-0.2, -0.15) is 0 Å². The van der Waals surface area contributed by atoms with Crippen LogP contribution in [0.25, 0.3) is 0 Å². The summed E-state index contributed by atoms with van der Waals surface area (Å²) in [7, 11) is 0. The molecule has 2 aromatic rings. The van der Waals surface area contributed by atoms with Crippen LogP contribution in [0.2, 0.25) is 0 Å². The van der Waals surface area contributed by atoms with Crippen molar-refractivity contribution >= 4 is 5.91 Å². The maximum Gasteiger partial charge on any atom is 0.226 e. The number of hydrogen-bond donors (Lipinski definition) is 1. The van der Waals surface area contributed by atoms with Crippen molar-refractivity contribution < 1.29 is 4.79 Å². The first-order valence-electron chi connectivity index (χ1n) is 9.91. The van der Waals surface area contributed by atoms with Crippen molar-refractivity contribution in [3.63, 3.8) is 0 Å².